The molecule has 6 aromatic rings. The van der Waals surface area contributed by atoms with Crippen molar-refractivity contribution in [2.24, 2.45) is 0 Å². The van der Waals surface area contributed by atoms with E-state index in [-0.39, 0.29) is 5.41 Å². The average molecular weight is 494 g/mol. The molecule has 0 radical (unpaired) electrons. The third-order valence-corrected chi connectivity index (χ3v) is 8.52. The first-order chi connectivity index (χ1) is 19.3. The molecule has 0 aliphatic heterocycles. The van der Waals surface area contributed by atoms with Gasteiger partial charge in [-0.25, -0.2) is 0 Å². The Labute approximate surface area is 228 Å². The number of rotatable bonds is 2. The summed E-state index contributed by atoms with van der Waals surface area (Å²) >= 11 is 0. The highest BCUT2D eigenvalue weighted by Gasteiger charge is 2.51. The van der Waals surface area contributed by atoms with E-state index in [1.807, 2.05) is 18.2 Å². The lowest BCUT2D eigenvalue weighted by atomic mass is 9.70. The van der Waals surface area contributed by atoms with Gasteiger partial charge >= 0.3 is 0 Å². The molecule has 0 bridgehead atoms. The normalized spacial score (nSPS) is 13.3. The van der Waals surface area contributed by atoms with Crippen LogP contribution < -0.4 is 0 Å². The van der Waals surface area contributed by atoms with Gasteiger partial charge in [0.05, 0.1) is 17.0 Å². The van der Waals surface area contributed by atoms with E-state index in [1.165, 1.54) is 55.6 Å². The summed E-state index contributed by atoms with van der Waals surface area (Å²) in [5.74, 6) is 0. The molecule has 180 valence electrons. The maximum Gasteiger partial charge on any atom is 0.0991 e. The quantitative estimate of drug-likeness (QED) is 0.235. The Kier molecular flexibility index (Phi) is 4.57. The Morgan fingerprint density at radius 1 is 0.410 bits per heavy atom. The standard InChI is InChI=1S/C38H23N/c39-24-25-10-7-11-26(22-25)27-12-8-13-28(23-27)29-17-9-21-36-37(29)32-16-3-6-20-35(32)38(36)33-18-4-1-14-30(33)31-15-2-5-19-34(31)38/h1-23H. The van der Waals surface area contributed by atoms with Crippen LogP contribution in [0.25, 0.3) is 44.5 Å². The molecule has 0 amide bonds. The van der Waals surface area contributed by atoms with Gasteiger partial charge in [-0.1, -0.05) is 121 Å². The van der Waals surface area contributed by atoms with E-state index in [0.29, 0.717) is 5.56 Å². The van der Waals surface area contributed by atoms with E-state index in [0.717, 1.165) is 11.1 Å². The molecule has 39 heavy (non-hydrogen) atoms. The van der Waals surface area contributed by atoms with Crippen molar-refractivity contribution in [1.29, 1.82) is 5.26 Å². The molecule has 2 aliphatic carbocycles. The lowest BCUT2D eigenvalue weighted by Crippen LogP contribution is -2.25. The van der Waals surface area contributed by atoms with Crippen molar-refractivity contribution < 1.29 is 0 Å². The first kappa shape index (κ1) is 21.9. The van der Waals surface area contributed by atoms with Gasteiger partial charge in [-0.3, -0.25) is 0 Å². The van der Waals surface area contributed by atoms with Crippen molar-refractivity contribution in [1.82, 2.24) is 0 Å². The Bertz CT molecular complexity index is 1940. The minimum absolute atomic E-state index is 0.339. The van der Waals surface area contributed by atoms with Crippen LogP contribution in [0, 0.1) is 11.3 Å². The Morgan fingerprint density at radius 3 is 1.59 bits per heavy atom. The molecule has 0 atom stereocenters. The van der Waals surface area contributed by atoms with Gasteiger partial charge in [-0.2, -0.15) is 5.26 Å². The number of benzene rings is 6. The molecule has 1 heteroatoms. The summed E-state index contributed by atoms with van der Waals surface area (Å²) in [4.78, 5) is 0. The maximum atomic E-state index is 9.43. The predicted octanol–water partition coefficient (Wildman–Crippen LogP) is 9.24. The maximum absolute atomic E-state index is 9.43. The van der Waals surface area contributed by atoms with Gasteiger partial charge in [-0.05, 0) is 85.0 Å². The van der Waals surface area contributed by atoms with E-state index in [9.17, 15) is 5.26 Å². The summed E-state index contributed by atoms with van der Waals surface area (Å²) in [6.45, 7) is 0. The van der Waals surface area contributed by atoms with Crippen LogP contribution in [0.5, 0.6) is 0 Å². The van der Waals surface area contributed by atoms with Crippen molar-refractivity contribution in [3.05, 3.63) is 167 Å². The second-order valence-electron chi connectivity index (χ2n) is 10.4. The van der Waals surface area contributed by atoms with Crippen molar-refractivity contribution in [3.63, 3.8) is 0 Å². The lowest BCUT2D eigenvalue weighted by Gasteiger charge is -2.30. The van der Waals surface area contributed by atoms with Gasteiger partial charge in [0.15, 0.2) is 0 Å². The number of hydrogen-bond donors (Lipinski definition) is 0. The van der Waals surface area contributed by atoms with E-state index in [1.54, 1.807) is 0 Å². The molecule has 0 saturated carbocycles. The van der Waals surface area contributed by atoms with Gasteiger partial charge in [0, 0.05) is 0 Å². The fourth-order valence-corrected chi connectivity index (χ4v) is 7.02. The topological polar surface area (TPSA) is 23.8 Å². The van der Waals surface area contributed by atoms with Crippen molar-refractivity contribution in [3.8, 4) is 50.6 Å². The van der Waals surface area contributed by atoms with E-state index < -0.39 is 0 Å². The molecule has 6 aromatic carbocycles. The van der Waals surface area contributed by atoms with Crippen LogP contribution in [0.15, 0.2) is 140 Å². The first-order valence-corrected chi connectivity index (χ1v) is 13.3. The summed E-state index contributed by atoms with van der Waals surface area (Å²) < 4.78 is 0. The highest BCUT2D eigenvalue weighted by atomic mass is 14.5. The molecular weight excluding hydrogens is 470 g/mol. The Hall–Kier alpha value is -5.19. The highest BCUT2D eigenvalue weighted by molar-refractivity contribution is 6.00. The molecule has 8 rings (SSSR count). The lowest BCUT2D eigenvalue weighted by molar-refractivity contribution is 0.794. The zero-order valence-corrected chi connectivity index (χ0v) is 21.2. The van der Waals surface area contributed by atoms with E-state index >= 15 is 0 Å². The van der Waals surface area contributed by atoms with Crippen LogP contribution in [0.3, 0.4) is 0 Å². The molecule has 0 fully saturated rings. The van der Waals surface area contributed by atoms with Crippen molar-refractivity contribution >= 4 is 0 Å². The summed E-state index contributed by atoms with van der Waals surface area (Å²) in [5, 5.41) is 9.43. The average Bonchev–Trinajstić information content (AvgIpc) is 3.49. The van der Waals surface area contributed by atoms with E-state index in [4.69, 9.17) is 0 Å². The molecular formula is C38H23N. The van der Waals surface area contributed by atoms with Gasteiger partial charge in [0.1, 0.15) is 0 Å². The number of fused-ring (bicyclic) bond motifs is 10. The van der Waals surface area contributed by atoms with Crippen molar-refractivity contribution in [2.75, 3.05) is 0 Å². The van der Waals surface area contributed by atoms with Crippen molar-refractivity contribution in [2.45, 2.75) is 5.41 Å². The monoisotopic (exact) mass is 493 g/mol. The number of hydrogen-bond acceptors (Lipinski definition) is 1. The Morgan fingerprint density at radius 2 is 0.897 bits per heavy atom. The molecule has 2 aliphatic rings. The van der Waals surface area contributed by atoms with Crippen LogP contribution in [-0.2, 0) is 5.41 Å². The molecule has 0 saturated heterocycles. The van der Waals surface area contributed by atoms with Gasteiger partial charge in [0.2, 0.25) is 0 Å². The van der Waals surface area contributed by atoms with Crippen LogP contribution in [-0.4, -0.2) is 0 Å². The molecule has 0 unspecified atom stereocenters. The third-order valence-electron chi connectivity index (χ3n) is 8.52. The largest absolute Gasteiger partial charge is 0.192 e. The third kappa shape index (κ3) is 2.89. The predicted molar refractivity (Wildman–Crippen MR) is 158 cm³/mol. The highest BCUT2D eigenvalue weighted by Crippen LogP contribution is 2.63. The van der Waals surface area contributed by atoms with Gasteiger partial charge < -0.3 is 0 Å². The minimum atomic E-state index is -0.339. The molecule has 1 nitrogen and oxygen atoms in total. The fourth-order valence-electron chi connectivity index (χ4n) is 7.02. The first-order valence-electron chi connectivity index (χ1n) is 13.3. The summed E-state index contributed by atoms with van der Waals surface area (Å²) in [5.41, 5.74) is 15.6. The number of nitriles is 1. The zero-order chi connectivity index (χ0) is 26.0. The fraction of sp³-hybridized carbons (Fsp3) is 0.0263. The number of nitrogens with zero attached hydrogens (tertiary/aromatic N) is 1. The molecule has 0 heterocycles. The molecule has 0 aromatic heterocycles. The molecule has 1 spiro atoms. The molecule has 0 N–H and O–H groups in total. The van der Waals surface area contributed by atoms with Crippen LogP contribution >= 0.6 is 0 Å². The Balaban J connectivity index is 1.42. The zero-order valence-electron chi connectivity index (χ0n) is 21.2. The van der Waals surface area contributed by atoms with Gasteiger partial charge in [0.25, 0.3) is 0 Å². The van der Waals surface area contributed by atoms with Gasteiger partial charge in [-0.15, -0.1) is 0 Å². The summed E-state index contributed by atoms with van der Waals surface area (Å²) in [6.07, 6.45) is 0. The van der Waals surface area contributed by atoms with Crippen LogP contribution in [0.1, 0.15) is 27.8 Å². The van der Waals surface area contributed by atoms with Crippen LogP contribution in [0.2, 0.25) is 0 Å². The summed E-state index contributed by atoms with van der Waals surface area (Å²) in [6, 6.07) is 52.4. The second-order valence-corrected chi connectivity index (χ2v) is 10.4. The second kappa shape index (κ2) is 8.15. The van der Waals surface area contributed by atoms with E-state index in [2.05, 4.69) is 127 Å². The smallest absolute Gasteiger partial charge is 0.0991 e. The minimum Gasteiger partial charge on any atom is -0.192 e. The SMILES string of the molecule is N#Cc1cccc(-c2cccc(-c3cccc4c3-c3ccccc3C43c4ccccc4-c4ccccc43)c2)c1. The summed E-state index contributed by atoms with van der Waals surface area (Å²) in [7, 11) is 0. The van der Waals surface area contributed by atoms with Crippen LogP contribution in [0.4, 0.5) is 0 Å².